The smallest absolute Gasteiger partial charge is 0.244 e. The Labute approximate surface area is 157 Å². The molecule has 3 rings (SSSR count). The number of nitrogens with zero attached hydrogens (tertiary/aromatic N) is 2. The van der Waals surface area contributed by atoms with Crippen molar-refractivity contribution in [2.45, 2.75) is 39.2 Å². The highest BCUT2D eigenvalue weighted by molar-refractivity contribution is 7.09. The highest BCUT2D eigenvalue weighted by atomic mass is 32.1. The van der Waals surface area contributed by atoms with Gasteiger partial charge in [0.15, 0.2) is 0 Å². The molecule has 1 unspecified atom stereocenters. The van der Waals surface area contributed by atoms with Gasteiger partial charge < -0.3 is 10.2 Å². The zero-order valence-corrected chi connectivity index (χ0v) is 15.9. The lowest BCUT2D eigenvalue weighted by molar-refractivity contribution is -0.117. The minimum Gasteiger partial charge on any atom is -0.344 e. The van der Waals surface area contributed by atoms with Crippen LogP contribution in [0.2, 0.25) is 0 Å². The Kier molecular flexibility index (Phi) is 5.83. The minimum absolute atomic E-state index is 0.118. The fourth-order valence-corrected chi connectivity index (χ4v) is 3.72. The van der Waals surface area contributed by atoms with Crippen LogP contribution in [0.5, 0.6) is 0 Å². The van der Waals surface area contributed by atoms with Gasteiger partial charge in [-0.3, -0.25) is 9.59 Å². The van der Waals surface area contributed by atoms with Crippen molar-refractivity contribution in [3.05, 3.63) is 52.0 Å². The molecule has 0 spiro atoms. The predicted octanol–water partition coefficient (Wildman–Crippen LogP) is 3.72. The van der Waals surface area contributed by atoms with Crippen molar-refractivity contribution in [2.24, 2.45) is 0 Å². The van der Waals surface area contributed by atoms with E-state index in [2.05, 4.69) is 17.2 Å². The van der Waals surface area contributed by atoms with Crippen LogP contribution in [-0.4, -0.2) is 23.3 Å². The lowest BCUT2D eigenvalue weighted by Crippen LogP contribution is -2.24. The fourth-order valence-electron chi connectivity index (χ4n) is 2.88. The van der Waals surface area contributed by atoms with E-state index in [0.29, 0.717) is 6.42 Å². The van der Waals surface area contributed by atoms with E-state index in [9.17, 15) is 9.59 Å². The van der Waals surface area contributed by atoms with E-state index >= 15 is 0 Å². The van der Waals surface area contributed by atoms with E-state index < -0.39 is 0 Å². The number of carbonyl (C=O) groups excluding carboxylic acids is 2. The summed E-state index contributed by atoms with van der Waals surface area (Å²) in [6, 6.07) is 7.56. The number of nitrogens with one attached hydrogen (secondary N) is 1. The van der Waals surface area contributed by atoms with Crippen LogP contribution in [-0.2, 0) is 16.0 Å². The van der Waals surface area contributed by atoms with Crippen LogP contribution in [0.15, 0.2) is 35.7 Å². The Morgan fingerprint density at radius 1 is 1.38 bits per heavy atom. The normalized spacial score (nSPS) is 15.6. The van der Waals surface area contributed by atoms with Crippen LogP contribution in [0.25, 0.3) is 6.08 Å². The van der Waals surface area contributed by atoms with Gasteiger partial charge in [0.1, 0.15) is 0 Å². The number of thiazole rings is 1. The van der Waals surface area contributed by atoms with Crippen molar-refractivity contribution in [2.75, 3.05) is 11.4 Å². The number of aryl methyl sites for hydroxylation is 1. The molecule has 0 aliphatic carbocycles. The molecule has 5 nitrogen and oxygen atoms in total. The third-order valence-electron chi connectivity index (χ3n) is 4.38. The average Bonchev–Trinajstić information content (AvgIpc) is 3.29. The molecule has 2 aromatic rings. The van der Waals surface area contributed by atoms with Crippen LogP contribution in [0.3, 0.4) is 0 Å². The lowest BCUT2D eigenvalue weighted by atomic mass is 10.2. The number of carbonyl (C=O) groups is 2. The van der Waals surface area contributed by atoms with Crippen molar-refractivity contribution in [1.82, 2.24) is 10.3 Å². The Hall–Kier alpha value is -2.47. The maximum Gasteiger partial charge on any atom is 0.244 e. The molecule has 1 fully saturated rings. The lowest BCUT2D eigenvalue weighted by Gasteiger charge is -2.15. The Morgan fingerprint density at radius 2 is 2.15 bits per heavy atom. The molecule has 0 bridgehead atoms. The maximum atomic E-state index is 12.1. The summed E-state index contributed by atoms with van der Waals surface area (Å²) in [7, 11) is 0. The number of hydrogen-bond donors (Lipinski definition) is 1. The third-order valence-corrected chi connectivity index (χ3v) is 5.39. The molecule has 2 heterocycles. The molecule has 2 amide bonds. The maximum absolute atomic E-state index is 12.1. The van der Waals surface area contributed by atoms with E-state index in [0.717, 1.165) is 41.3 Å². The summed E-state index contributed by atoms with van der Waals surface area (Å²) in [6.07, 6.45) is 5.75. The summed E-state index contributed by atoms with van der Waals surface area (Å²) >= 11 is 1.62. The van der Waals surface area contributed by atoms with Gasteiger partial charge in [0.2, 0.25) is 11.8 Å². The van der Waals surface area contributed by atoms with E-state index in [4.69, 9.17) is 0 Å². The topological polar surface area (TPSA) is 62.3 Å². The molecule has 1 aliphatic rings. The second-order valence-corrected chi connectivity index (χ2v) is 7.27. The van der Waals surface area contributed by atoms with Crippen molar-refractivity contribution in [1.29, 1.82) is 0 Å². The van der Waals surface area contributed by atoms with Crippen LogP contribution < -0.4 is 10.2 Å². The van der Waals surface area contributed by atoms with Gasteiger partial charge >= 0.3 is 0 Å². The molecule has 136 valence electrons. The summed E-state index contributed by atoms with van der Waals surface area (Å²) in [5, 5.41) is 6.00. The molecule has 1 aromatic heterocycles. The number of rotatable bonds is 6. The first-order chi connectivity index (χ1) is 12.6. The zero-order valence-electron chi connectivity index (χ0n) is 15.1. The van der Waals surface area contributed by atoms with Gasteiger partial charge in [0, 0.05) is 30.1 Å². The fraction of sp³-hybridized carbons (Fsp3) is 0.350. The molecule has 1 atom stereocenters. The summed E-state index contributed by atoms with van der Waals surface area (Å²) in [5.41, 5.74) is 2.73. The van der Waals surface area contributed by atoms with Gasteiger partial charge in [-0.2, -0.15) is 0 Å². The van der Waals surface area contributed by atoms with Crippen LogP contribution in [0.1, 0.15) is 49.0 Å². The molecule has 1 N–H and O–H groups in total. The summed E-state index contributed by atoms with van der Waals surface area (Å²) < 4.78 is 0. The first kappa shape index (κ1) is 18.3. The highest BCUT2D eigenvalue weighted by Gasteiger charge is 2.21. The SMILES string of the molecule is CCc1nc(C(C)NC(=O)/C=C/c2ccc(N3CCCC3=O)cc2)cs1. The van der Waals surface area contributed by atoms with Gasteiger partial charge in [-0.1, -0.05) is 19.1 Å². The molecule has 0 radical (unpaired) electrons. The van der Waals surface area contributed by atoms with Gasteiger partial charge in [0.05, 0.1) is 16.7 Å². The van der Waals surface area contributed by atoms with Crippen molar-refractivity contribution < 1.29 is 9.59 Å². The Balaban J connectivity index is 1.56. The quantitative estimate of drug-likeness (QED) is 0.790. The van der Waals surface area contributed by atoms with Crippen molar-refractivity contribution in [3.63, 3.8) is 0 Å². The predicted molar refractivity (Wildman–Crippen MR) is 105 cm³/mol. The first-order valence-electron chi connectivity index (χ1n) is 8.90. The van der Waals surface area contributed by atoms with Gasteiger partial charge in [0.25, 0.3) is 0 Å². The highest BCUT2D eigenvalue weighted by Crippen LogP contribution is 2.22. The Bertz CT molecular complexity index is 811. The number of anilines is 1. The zero-order chi connectivity index (χ0) is 18.5. The monoisotopic (exact) mass is 369 g/mol. The van der Waals surface area contributed by atoms with Crippen LogP contribution in [0.4, 0.5) is 5.69 Å². The average molecular weight is 369 g/mol. The van der Waals surface area contributed by atoms with Crippen LogP contribution in [0, 0.1) is 0 Å². The Morgan fingerprint density at radius 3 is 2.77 bits per heavy atom. The van der Waals surface area contributed by atoms with Crippen LogP contribution >= 0.6 is 11.3 Å². The number of amides is 2. The van der Waals surface area contributed by atoms with E-state index in [1.807, 2.05) is 36.6 Å². The number of benzene rings is 1. The van der Waals surface area contributed by atoms with E-state index in [-0.39, 0.29) is 17.9 Å². The summed E-state index contributed by atoms with van der Waals surface area (Å²) in [6.45, 7) is 4.78. The van der Waals surface area contributed by atoms with Crippen molar-refractivity contribution >= 4 is 34.9 Å². The first-order valence-corrected chi connectivity index (χ1v) is 9.78. The standard InChI is InChI=1S/C20H23N3O2S/c1-3-19-22-17(13-26-19)14(2)21-18(24)11-8-15-6-9-16(10-7-15)23-12-4-5-20(23)25/h6-11,13-14H,3-5,12H2,1-2H3,(H,21,24)/b11-8+. The molecule has 6 heteroatoms. The molecule has 0 saturated carbocycles. The second kappa shape index (κ2) is 8.27. The van der Waals surface area contributed by atoms with E-state index in [1.165, 1.54) is 6.08 Å². The second-order valence-electron chi connectivity index (χ2n) is 6.32. The van der Waals surface area contributed by atoms with Gasteiger partial charge in [-0.25, -0.2) is 4.98 Å². The summed E-state index contributed by atoms with van der Waals surface area (Å²) in [5.74, 6) is 0.0253. The van der Waals surface area contributed by atoms with E-state index in [1.54, 1.807) is 22.3 Å². The summed E-state index contributed by atoms with van der Waals surface area (Å²) in [4.78, 5) is 30.2. The molecular formula is C20H23N3O2S. The number of hydrogen-bond acceptors (Lipinski definition) is 4. The largest absolute Gasteiger partial charge is 0.344 e. The molecule has 1 aromatic carbocycles. The molecular weight excluding hydrogens is 346 g/mol. The third kappa shape index (κ3) is 4.38. The molecule has 1 saturated heterocycles. The van der Waals surface area contributed by atoms with Crippen molar-refractivity contribution in [3.8, 4) is 0 Å². The molecule has 1 aliphatic heterocycles. The minimum atomic E-state index is -0.151. The number of aromatic nitrogens is 1. The van der Waals surface area contributed by atoms with Gasteiger partial charge in [-0.05, 0) is 43.5 Å². The van der Waals surface area contributed by atoms with Gasteiger partial charge in [-0.15, -0.1) is 11.3 Å². The molecule has 26 heavy (non-hydrogen) atoms.